The van der Waals surface area contributed by atoms with Crippen LogP contribution in [0.5, 0.6) is 0 Å². The summed E-state index contributed by atoms with van der Waals surface area (Å²) >= 11 is 12.3. The maximum absolute atomic E-state index is 14.0. The molecule has 8 heteroatoms. The zero-order chi connectivity index (χ0) is 25.4. The van der Waals surface area contributed by atoms with Gasteiger partial charge in [-0.2, -0.15) is 0 Å². The Labute approximate surface area is 210 Å². The molecule has 186 valence electrons. The van der Waals surface area contributed by atoms with Gasteiger partial charge in [-0.15, -0.1) is 0 Å². The monoisotopic (exact) mass is 515 g/mol. The third-order valence-electron chi connectivity index (χ3n) is 6.62. The molecule has 0 spiro atoms. The number of carbonyl (C=O) groups excluding carboxylic acids is 2. The van der Waals surface area contributed by atoms with Gasteiger partial charge in [-0.25, -0.2) is 4.79 Å². The van der Waals surface area contributed by atoms with Crippen molar-refractivity contribution in [3.8, 4) is 0 Å². The fourth-order valence-electron chi connectivity index (χ4n) is 4.05. The van der Waals surface area contributed by atoms with Crippen molar-refractivity contribution in [1.82, 2.24) is 4.90 Å². The van der Waals surface area contributed by atoms with Crippen LogP contribution in [-0.2, 0) is 9.16 Å². The number of rotatable bonds is 6. The van der Waals surface area contributed by atoms with Crippen LogP contribution >= 0.6 is 23.2 Å². The van der Waals surface area contributed by atoms with Crippen LogP contribution in [-0.4, -0.2) is 48.9 Å². The smallest absolute Gasteiger partial charge is 0.411 e. The largest absolute Gasteiger partial charge is 0.444 e. The lowest BCUT2D eigenvalue weighted by atomic mass is 9.82. The zero-order valence-corrected chi connectivity index (χ0v) is 24.0. The normalized spacial score (nSPS) is 21.9. The molecule has 1 amide bonds. The van der Waals surface area contributed by atoms with E-state index in [9.17, 15) is 9.59 Å². The van der Waals surface area contributed by atoms with E-state index in [1.807, 2.05) is 27.7 Å². The number of Topliss-reactive ketones (excluding diaryl/α,β-unsaturated/α-hetero) is 1. The van der Waals surface area contributed by atoms with E-state index in [0.717, 1.165) is 6.42 Å². The number of carbonyl (C=O) groups is 2. The van der Waals surface area contributed by atoms with Gasteiger partial charge in [0.15, 0.2) is 14.1 Å². The maximum atomic E-state index is 14.0. The van der Waals surface area contributed by atoms with Gasteiger partial charge in [-0.05, 0) is 63.5 Å². The number of ketones is 1. The van der Waals surface area contributed by atoms with Crippen molar-refractivity contribution in [1.29, 1.82) is 0 Å². The van der Waals surface area contributed by atoms with Gasteiger partial charge in [-0.3, -0.25) is 9.69 Å². The van der Waals surface area contributed by atoms with Crippen LogP contribution in [0.2, 0.25) is 28.2 Å². The predicted molar refractivity (Wildman–Crippen MR) is 138 cm³/mol. The van der Waals surface area contributed by atoms with Crippen LogP contribution < -0.4 is 0 Å². The lowest BCUT2D eigenvalue weighted by Gasteiger charge is -2.38. The van der Waals surface area contributed by atoms with E-state index in [1.54, 1.807) is 23.1 Å². The Morgan fingerprint density at radius 2 is 1.73 bits per heavy atom. The Kier molecular flexibility index (Phi) is 8.43. The molecule has 1 aromatic rings. The quantitative estimate of drug-likeness (QED) is 0.287. The second-order valence-corrected chi connectivity index (χ2v) is 17.1. The van der Waals surface area contributed by atoms with Crippen LogP contribution in [0.15, 0.2) is 18.2 Å². The average Bonchev–Trinajstić information content (AvgIpc) is 3.00. The van der Waals surface area contributed by atoms with Crippen LogP contribution in [0.25, 0.3) is 0 Å². The molecule has 33 heavy (non-hydrogen) atoms. The minimum Gasteiger partial charge on any atom is -0.444 e. The van der Waals surface area contributed by atoms with Gasteiger partial charge in [0.25, 0.3) is 0 Å². The molecule has 1 fully saturated rings. The lowest BCUT2D eigenvalue weighted by Crippen LogP contribution is -2.54. The number of likely N-dealkylation sites (tertiary alicyclic amines) is 1. The molecule has 0 aromatic heterocycles. The summed E-state index contributed by atoms with van der Waals surface area (Å²) in [6, 6.07) is 4.87. The molecule has 0 bridgehead atoms. The molecule has 5 nitrogen and oxygen atoms in total. The Bertz CT molecular complexity index is 891. The van der Waals surface area contributed by atoms with Crippen molar-refractivity contribution in [3.05, 3.63) is 33.8 Å². The maximum Gasteiger partial charge on any atom is 0.411 e. The number of halogens is 2. The third-order valence-corrected chi connectivity index (χ3v) is 11.9. The van der Waals surface area contributed by atoms with E-state index in [-0.39, 0.29) is 16.9 Å². The number of hydrogen-bond donors (Lipinski definition) is 0. The van der Waals surface area contributed by atoms with Crippen molar-refractivity contribution in [3.63, 3.8) is 0 Å². The second-order valence-electron chi connectivity index (χ2n) is 11.5. The van der Waals surface area contributed by atoms with E-state index in [4.69, 9.17) is 32.4 Å². The van der Waals surface area contributed by atoms with Gasteiger partial charge in [0.05, 0.1) is 22.7 Å². The summed E-state index contributed by atoms with van der Waals surface area (Å²) in [6.45, 7) is 18.7. The van der Waals surface area contributed by atoms with Crippen molar-refractivity contribution >= 4 is 43.4 Å². The Balaban J connectivity index is 2.54. The van der Waals surface area contributed by atoms with Crippen LogP contribution in [0.4, 0.5) is 4.79 Å². The first-order valence-corrected chi connectivity index (χ1v) is 15.3. The Morgan fingerprint density at radius 3 is 2.21 bits per heavy atom. The molecule has 2 rings (SSSR count). The van der Waals surface area contributed by atoms with Gasteiger partial charge < -0.3 is 9.16 Å². The molecule has 1 heterocycles. The van der Waals surface area contributed by atoms with Gasteiger partial charge in [0, 0.05) is 12.0 Å². The van der Waals surface area contributed by atoms with Crippen molar-refractivity contribution < 1.29 is 18.8 Å². The molecule has 1 aliphatic heterocycles. The molecular formula is C25H39Cl2NO4Si. The molecular weight excluding hydrogens is 477 g/mol. The summed E-state index contributed by atoms with van der Waals surface area (Å²) in [7, 11) is -2.13. The first-order chi connectivity index (χ1) is 14.9. The Morgan fingerprint density at radius 1 is 1.12 bits per heavy atom. The van der Waals surface area contributed by atoms with Gasteiger partial charge in [0.1, 0.15) is 11.1 Å². The zero-order valence-electron chi connectivity index (χ0n) is 21.5. The van der Waals surface area contributed by atoms with E-state index in [1.165, 1.54) is 0 Å². The second kappa shape index (κ2) is 9.88. The summed E-state index contributed by atoms with van der Waals surface area (Å²) in [5.74, 6) is -0.157. The topological polar surface area (TPSA) is 55.8 Å². The van der Waals surface area contributed by atoms with Crippen LogP contribution in [0, 0.1) is 0 Å². The molecule has 0 saturated carbocycles. The number of nitrogens with zero attached hydrogens (tertiary/aromatic N) is 1. The average molecular weight is 517 g/mol. The molecule has 1 saturated heterocycles. The first-order valence-electron chi connectivity index (χ1n) is 11.6. The number of ether oxygens (including phenoxy) is 1. The molecule has 0 aliphatic carbocycles. The standard InChI is InChI=1S/C25H39Cl2NO4Si/c1-10-13-25(21(29)17-11-12-19(26)20(27)14-17)15-18(32-33(8,9)24(5,6)7)16-28(25)22(30)31-23(2,3)4/h11-12,14,18H,10,13,15-16H2,1-9H3. The van der Waals surface area contributed by atoms with Crippen molar-refractivity contribution in [2.75, 3.05) is 6.54 Å². The number of hydrogen-bond acceptors (Lipinski definition) is 4. The van der Waals surface area contributed by atoms with Gasteiger partial charge in [0.2, 0.25) is 0 Å². The van der Waals surface area contributed by atoms with Crippen LogP contribution in [0.1, 0.15) is 78.1 Å². The van der Waals surface area contributed by atoms with Crippen molar-refractivity contribution in [2.45, 2.75) is 103 Å². The van der Waals surface area contributed by atoms with E-state index < -0.39 is 25.6 Å². The van der Waals surface area contributed by atoms with Crippen molar-refractivity contribution in [2.24, 2.45) is 0 Å². The lowest BCUT2D eigenvalue weighted by molar-refractivity contribution is 0.00677. The minimum absolute atomic E-state index is 0.00741. The summed E-state index contributed by atoms with van der Waals surface area (Å²) in [5, 5.41) is 0.699. The van der Waals surface area contributed by atoms with E-state index in [2.05, 4.69) is 33.9 Å². The summed E-state index contributed by atoms with van der Waals surface area (Å²) in [4.78, 5) is 29.0. The Hall–Kier alpha value is -1.08. The molecule has 1 aliphatic rings. The molecule has 2 atom stereocenters. The fraction of sp³-hybridized carbons (Fsp3) is 0.680. The SMILES string of the molecule is CCCC1(C(=O)c2ccc(Cl)c(Cl)c2)CC(O[Si](C)(C)C(C)(C)C)CN1C(=O)OC(C)(C)C. The number of benzene rings is 1. The molecule has 0 radical (unpaired) electrons. The third kappa shape index (κ3) is 6.33. The minimum atomic E-state index is -2.13. The van der Waals surface area contributed by atoms with E-state index >= 15 is 0 Å². The molecule has 1 aromatic carbocycles. The van der Waals surface area contributed by atoms with Gasteiger partial charge >= 0.3 is 6.09 Å². The number of amides is 1. The summed E-state index contributed by atoms with van der Waals surface area (Å²) in [6.07, 6.45) is 0.899. The fourth-order valence-corrected chi connectivity index (χ4v) is 5.70. The van der Waals surface area contributed by atoms with Gasteiger partial charge in [-0.1, -0.05) is 57.3 Å². The highest BCUT2D eigenvalue weighted by Gasteiger charge is 2.55. The molecule has 2 unspecified atom stereocenters. The highest BCUT2D eigenvalue weighted by molar-refractivity contribution is 6.74. The first kappa shape index (κ1) is 28.2. The predicted octanol–water partition coefficient (Wildman–Crippen LogP) is 7.75. The van der Waals surface area contributed by atoms with Crippen LogP contribution in [0.3, 0.4) is 0 Å². The highest BCUT2D eigenvalue weighted by Crippen LogP contribution is 2.44. The highest BCUT2D eigenvalue weighted by atomic mass is 35.5. The van der Waals surface area contributed by atoms with E-state index in [0.29, 0.717) is 35.0 Å². The summed E-state index contributed by atoms with van der Waals surface area (Å²) in [5.41, 5.74) is -1.32. The molecule has 0 N–H and O–H groups in total. The summed E-state index contributed by atoms with van der Waals surface area (Å²) < 4.78 is 12.4.